The van der Waals surface area contributed by atoms with Crippen molar-refractivity contribution < 1.29 is 38.4 Å². The molecule has 0 rings (SSSR count). The Bertz CT molecular complexity index is 269. The van der Waals surface area contributed by atoms with Gasteiger partial charge in [-0.1, -0.05) is 0 Å². The summed E-state index contributed by atoms with van der Waals surface area (Å²) < 4.78 is 23.5. The summed E-state index contributed by atoms with van der Waals surface area (Å²) in [6.45, 7) is 11.8. The van der Waals surface area contributed by atoms with E-state index in [4.69, 9.17) is 14.6 Å². The standard InChI is InChI=1S/C6H12O3.C5H10O3.C5H12O2/c1-3-8-4-5-9-6(2)7;1-5(6)8-4-3-7-2;1-3-7-4-5(2)6/h3-5H2,1-2H3;3-4H2,1-2H3;5-6H,3-4H2,1-2H3. The zero-order valence-electron chi connectivity index (χ0n) is 15.8. The monoisotopic (exact) mass is 354 g/mol. The number of carbonyl (C=O) groups excluding carboxylic acids is 2. The predicted octanol–water partition coefficient (Wildman–Crippen LogP) is 1.19. The molecule has 0 saturated carbocycles. The van der Waals surface area contributed by atoms with Crippen molar-refractivity contribution in [2.24, 2.45) is 0 Å². The minimum Gasteiger partial charge on any atom is -0.463 e. The molecule has 146 valence electrons. The quantitative estimate of drug-likeness (QED) is 0.461. The highest BCUT2D eigenvalue weighted by Gasteiger charge is 1.90. The zero-order valence-corrected chi connectivity index (χ0v) is 15.8. The van der Waals surface area contributed by atoms with Gasteiger partial charge in [-0.25, -0.2) is 0 Å². The first-order valence-electron chi connectivity index (χ1n) is 7.90. The molecule has 1 unspecified atom stereocenters. The summed E-state index contributed by atoms with van der Waals surface area (Å²) in [4.78, 5) is 20.2. The van der Waals surface area contributed by atoms with Crippen molar-refractivity contribution in [3.63, 3.8) is 0 Å². The molecule has 0 aromatic heterocycles. The second kappa shape index (κ2) is 24.0. The number of hydrogen-bond acceptors (Lipinski definition) is 8. The summed E-state index contributed by atoms with van der Waals surface area (Å²) in [5, 5.41) is 8.56. The van der Waals surface area contributed by atoms with Crippen molar-refractivity contribution in [1.82, 2.24) is 0 Å². The van der Waals surface area contributed by atoms with Crippen LogP contribution in [-0.2, 0) is 33.3 Å². The molecule has 0 aliphatic carbocycles. The van der Waals surface area contributed by atoms with Gasteiger partial charge in [-0.3, -0.25) is 9.59 Å². The zero-order chi connectivity index (χ0) is 19.2. The van der Waals surface area contributed by atoms with E-state index in [0.29, 0.717) is 46.2 Å². The number of methoxy groups -OCH3 is 1. The molecular weight excluding hydrogens is 320 g/mol. The first kappa shape index (κ1) is 27.6. The second-order valence-electron chi connectivity index (χ2n) is 4.38. The summed E-state index contributed by atoms with van der Waals surface area (Å²) in [6, 6.07) is 0. The molecule has 0 amide bonds. The van der Waals surface area contributed by atoms with Crippen LogP contribution in [0.25, 0.3) is 0 Å². The van der Waals surface area contributed by atoms with Crippen molar-refractivity contribution in [1.29, 1.82) is 0 Å². The lowest BCUT2D eigenvalue weighted by Gasteiger charge is -2.00. The molecule has 8 nitrogen and oxygen atoms in total. The van der Waals surface area contributed by atoms with E-state index in [1.807, 2.05) is 13.8 Å². The molecule has 0 bridgehead atoms. The second-order valence-corrected chi connectivity index (χ2v) is 4.38. The van der Waals surface area contributed by atoms with Crippen LogP contribution >= 0.6 is 0 Å². The molecule has 0 saturated heterocycles. The molecule has 1 N–H and O–H groups in total. The van der Waals surface area contributed by atoms with Crippen LogP contribution in [-0.4, -0.2) is 76.5 Å². The van der Waals surface area contributed by atoms with Gasteiger partial charge in [-0.15, -0.1) is 0 Å². The number of ether oxygens (including phenoxy) is 5. The van der Waals surface area contributed by atoms with Gasteiger partial charge in [0.2, 0.25) is 0 Å². The maximum absolute atomic E-state index is 10.1. The molecule has 0 heterocycles. The maximum atomic E-state index is 10.1. The molecule has 0 spiro atoms. The Kier molecular flexibility index (Phi) is 27.7. The Labute approximate surface area is 145 Å². The number of hydrogen-bond donors (Lipinski definition) is 1. The van der Waals surface area contributed by atoms with Crippen LogP contribution in [0.1, 0.15) is 34.6 Å². The third-order valence-corrected chi connectivity index (χ3v) is 1.89. The van der Waals surface area contributed by atoms with E-state index in [-0.39, 0.29) is 18.0 Å². The van der Waals surface area contributed by atoms with E-state index >= 15 is 0 Å². The van der Waals surface area contributed by atoms with Crippen molar-refractivity contribution in [3.8, 4) is 0 Å². The number of rotatable bonds is 10. The van der Waals surface area contributed by atoms with Crippen molar-refractivity contribution >= 4 is 11.9 Å². The molecular formula is C16H34O8. The van der Waals surface area contributed by atoms with E-state index in [9.17, 15) is 9.59 Å². The molecule has 0 aliphatic rings. The summed E-state index contributed by atoms with van der Waals surface area (Å²) in [6.07, 6.45) is -0.319. The van der Waals surface area contributed by atoms with Crippen LogP contribution in [0.15, 0.2) is 0 Å². The first-order chi connectivity index (χ1) is 11.3. The van der Waals surface area contributed by atoms with Crippen molar-refractivity contribution in [3.05, 3.63) is 0 Å². The first-order valence-corrected chi connectivity index (χ1v) is 7.90. The highest BCUT2D eigenvalue weighted by molar-refractivity contribution is 5.66. The van der Waals surface area contributed by atoms with Gasteiger partial charge in [-0.05, 0) is 20.8 Å². The maximum Gasteiger partial charge on any atom is 0.302 e. The fraction of sp³-hybridized carbons (Fsp3) is 0.875. The largest absolute Gasteiger partial charge is 0.463 e. The summed E-state index contributed by atoms with van der Waals surface area (Å²) in [5.74, 6) is -0.517. The van der Waals surface area contributed by atoms with Crippen LogP contribution in [0.5, 0.6) is 0 Å². The van der Waals surface area contributed by atoms with E-state index in [1.54, 1.807) is 14.0 Å². The number of esters is 2. The van der Waals surface area contributed by atoms with Crippen molar-refractivity contribution in [2.45, 2.75) is 40.7 Å². The molecule has 0 aliphatic heterocycles. The summed E-state index contributed by atoms with van der Waals surface area (Å²) >= 11 is 0. The molecule has 1 atom stereocenters. The Hall–Kier alpha value is -1.22. The molecule has 8 heteroatoms. The van der Waals surface area contributed by atoms with Gasteiger partial charge in [0.25, 0.3) is 0 Å². The lowest BCUT2D eigenvalue weighted by Crippen LogP contribution is -2.09. The number of aliphatic hydroxyl groups is 1. The molecule has 24 heavy (non-hydrogen) atoms. The van der Waals surface area contributed by atoms with Gasteiger partial charge < -0.3 is 28.8 Å². The molecule has 0 radical (unpaired) electrons. The summed E-state index contributed by atoms with van der Waals surface area (Å²) in [5.41, 5.74) is 0. The SMILES string of the molecule is CCOCC(C)O.CCOCCOC(C)=O.COCCOC(C)=O. The minimum absolute atomic E-state index is 0.255. The topological polar surface area (TPSA) is 101 Å². The van der Waals surface area contributed by atoms with E-state index in [2.05, 4.69) is 14.2 Å². The highest BCUT2D eigenvalue weighted by Crippen LogP contribution is 1.79. The van der Waals surface area contributed by atoms with Gasteiger partial charge >= 0.3 is 11.9 Å². The van der Waals surface area contributed by atoms with Gasteiger partial charge in [0.15, 0.2) is 0 Å². The van der Waals surface area contributed by atoms with Crippen LogP contribution in [0.4, 0.5) is 0 Å². The van der Waals surface area contributed by atoms with Crippen molar-refractivity contribution in [2.75, 3.05) is 53.4 Å². The van der Waals surface area contributed by atoms with E-state index in [0.717, 1.165) is 0 Å². The number of carbonyl (C=O) groups is 2. The van der Waals surface area contributed by atoms with Crippen LogP contribution < -0.4 is 0 Å². The van der Waals surface area contributed by atoms with E-state index in [1.165, 1.54) is 13.8 Å². The fourth-order valence-corrected chi connectivity index (χ4v) is 0.946. The third-order valence-electron chi connectivity index (χ3n) is 1.89. The van der Waals surface area contributed by atoms with Crippen LogP contribution in [0.3, 0.4) is 0 Å². The fourth-order valence-electron chi connectivity index (χ4n) is 0.946. The Morgan fingerprint density at radius 1 is 0.875 bits per heavy atom. The Morgan fingerprint density at radius 2 is 1.33 bits per heavy atom. The van der Waals surface area contributed by atoms with E-state index < -0.39 is 0 Å². The van der Waals surface area contributed by atoms with Gasteiger partial charge in [-0.2, -0.15) is 0 Å². The number of aliphatic hydroxyl groups excluding tert-OH is 1. The lowest BCUT2D eigenvalue weighted by atomic mass is 10.4. The van der Waals surface area contributed by atoms with Gasteiger partial charge in [0.1, 0.15) is 13.2 Å². The third kappa shape index (κ3) is 42.8. The smallest absolute Gasteiger partial charge is 0.302 e. The molecule has 0 fully saturated rings. The predicted molar refractivity (Wildman–Crippen MR) is 89.8 cm³/mol. The Balaban J connectivity index is -0.000000278. The van der Waals surface area contributed by atoms with Crippen LogP contribution in [0, 0.1) is 0 Å². The van der Waals surface area contributed by atoms with Crippen LogP contribution in [0.2, 0.25) is 0 Å². The Morgan fingerprint density at radius 3 is 1.62 bits per heavy atom. The molecule has 0 aromatic carbocycles. The lowest BCUT2D eigenvalue weighted by molar-refractivity contribution is -0.143. The normalized spacial score (nSPS) is 10.5. The summed E-state index contributed by atoms with van der Waals surface area (Å²) in [7, 11) is 1.56. The average molecular weight is 354 g/mol. The highest BCUT2D eigenvalue weighted by atomic mass is 16.6. The van der Waals surface area contributed by atoms with Gasteiger partial charge in [0.05, 0.1) is 25.9 Å². The minimum atomic E-state index is -0.319. The average Bonchev–Trinajstić information content (AvgIpc) is 2.50. The van der Waals surface area contributed by atoms with Gasteiger partial charge in [0, 0.05) is 34.2 Å². The molecule has 0 aromatic rings.